The number of hydrogen-bond acceptors (Lipinski definition) is 9. The van der Waals surface area contributed by atoms with Crippen LogP contribution in [0, 0.1) is 17.8 Å². The Morgan fingerprint density at radius 2 is 0.967 bits per heavy atom. The Hall–Kier alpha value is -6.11. The smallest absolute Gasteiger partial charge is 0.475 e. The van der Waals surface area contributed by atoms with E-state index in [-0.39, 0.29) is 42.9 Å². The standard InChI is InChI=1S/C25H30O5.C20H22O3.C2HF3O2/c1-6-29-23(27)17(2)22(24(28)30-25(3,4)5)21(26)16-18-12-14-20(15-13-18)19-10-8-7-9-11-19;1-3-23-20(22)15(2)13-19(21)14-16-9-11-18(12-10-16)17-7-5-4-6-8-17;3-2(4,5)1(6)7/h7-15,17,22H,6,16H2,1-5H3;4-12,15H,3,13-14H2,1-2H3;(H,6,7)/t17-,22?;15-;/m11./s1. The van der Waals surface area contributed by atoms with Crippen LogP contribution in [0.2, 0.25) is 0 Å². The number of carboxylic acids is 1. The van der Waals surface area contributed by atoms with Crippen LogP contribution < -0.4 is 0 Å². The molecule has 0 aliphatic heterocycles. The zero-order valence-electron chi connectivity index (χ0n) is 34.9. The molecule has 0 amide bonds. The maximum Gasteiger partial charge on any atom is 0.490 e. The molecule has 0 aliphatic rings. The van der Waals surface area contributed by atoms with Gasteiger partial charge in [0.1, 0.15) is 17.3 Å². The van der Waals surface area contributed by atoms with E-state index in [9.17, 15) is 37.1 Å². The number of ketones is 2. The lowest BCUT2D eigenvalue weighted by Gasteiger charge is -2.26. The van der Waals surface area contributed by atoms with Gasteiger partial charge in [-0.15, -0.1) is 0 Å². The average molecular weight is 835 g/mol. The van der Waals surface area contributed by atoms with Crippen molar-refractivity contribution in [2.24, 2.45) is 17.8 Å². The van der Waals surface area contributed by atoms with E-state index < -0.39 is 41.5 Å². The summed E-state index contributed by atoms with van der Waals surface area (Å²) in [4.78, 5) is 70.5. The fourth-order valence-electron chi connectivity index (χ4n) is 5.60. The molecule has 0 spiro atoms. The van der Waals surface area contributed by atoms with E-state index in [1.54, 1.807) is 41.5 Å². The van der Waals surface area contributed by atoms with E-state index in [1.807, 2.05) is 97.1 Å². The third kappa shape index (κ3) is 17.8. The molecular weight excluding hydrogens is 782 g/mol. The number of carboxylic acid groups (broad SMARTS) is 1. The molecule has 0 saturated carbocycles. The molecule has 4 aromatic rings. The lowest BCUT2D eigenvalue weighted by molar-refractivity contribution is -0.192. The van der Waals surface area contributed by atoms with E-state index in [2.05, 4.69) is 12.1 Å². The van der Waals surface area contributed by atoms with Gasteiger partial charge in [-0.25, -0.2) is 4.79 Å². The zero-order chi connectivity index (χ0) is 45.0. The van der Waals surface area contributed by atoms with Crippen LogP contribution in [0.4, 0.5) is 13.2 Å². The molecule has 0 fully saturated rings. The fourth-order valence-corrected chi connectivity index (χ4v) is 5.60. The number of esters is 3. The molecule has 1 N–H and O–H groups in total. The molecule has 0 aliphatic carbocycles. The van der Waals surface area contributed by atoms with Gasteiger partial charge in [-0.05, 0) is 68.0 Å². The molecule has 322 valence electrons. The molecule has 13 heteroatoms. The number of Topliss-reactive ketones (excluding diaryl/α,β-unsaturated/α-hetero) is 2. The minimum absolute atomic E-state index is 0.0305. The van der Waals surface area contributed by atoms with E-state index in [0.717, 1.165) is 33.4 Å². The lowest BCUT2D eigenvalue weighted by Crippen LogP contribution is -2.40. The van der Waals surface area contributed by atoms with E-state index >= 15 is 0 Å². The monoisotopic (exact) mass is 834 g/mol. The predicted molar refractivity (Wildman–Crippen MR) is 220 cm³/mol. The van der Waals surface area contributed by atoms with Crippen LogP contribution in [-0.2, 0) is 55.8 Å². The van der Waals surface area contributed by atoms with E-state index in [1.165, 1.54) is 6.92 Å². The van der Waals surface area contributed by atoms with Crippen LogP contribution in [0.15, 0.2) is 109 Å². The molecule has 0 radical (unpaired) electrons. The van der Waals surface area contributed by atoms with Crippen LogP contribution in [0.25, 0.3) is 22.3 Å². The Morgan fingerprint density at radius 1 is 0.583 bits per heavy atom. The van der Waals surface area contributed by atoms with Crippen LogP contribution in [0.5, 0.6) is 0 Å². The first kappa shape index (κ1) is 50.0. The summed E-state index contributed by atoms with van der Waals surface area (Å²) in [5.74, 6) is -7.17. The summed E-state index contributed by atoms with van der Waals surface area (Å²) >= 11 is 0. The molecule has 60 heavy (non-hydrogen) atoms. The molecule has 0 aromatic heterocycles. The maximum atomic E-state index is 13.0. The van der Waals surface area contributed by atoms with Crippen molar-refractivity contribution in [3.05, 3.63) is 120 Å². The summed E-state index contributed by atoms with van der Waals surface area (Å²) in [5.41, 5.74) is 5.37. The number of rotatable bonds is 15. The normalized spacial score (nSPS) is 12.4. The van der Waals surface area contributed by atoms with Gasteiger partial charge in [-0.2, -0.15) is 13.2 Å². The third-order valence-corrected chi connectivity index (χ3v) is 8.53. The van der Waals surface area contributed by atoms with Gasteiger partial charge in [0.15, 0.2) is 5.78 Å². The van der Waals surface area contributed by atoms with E-state index in [0.29, 0.717) is 13.0 Å². The molecular formula is C47H53F3O10. The topological polar surface area (TPSA) is 150 Å². The highest BCUT2D eigenvalue weighted by Gasteiger charge is 2.40. The minimum atomic E-state index is -5.08. The number of aliphatic carboxylic acids is 1. The van der Waals surface area contributed by atoms with Gasteiger partial charge < -0.3 is 19.3 Å². The van der Waals surface area contributed by atoms with Gasteiger partial charge in [0.05, 0.1) is 25.0 Å². The zero-order valence-corrected chi connectivity index (χ0v) is 34.9. The Bertz CT molecular complexity index is 1990. The van der Waals surface area contributed by atoms with Crippen molar-refractivity contribution in [1.82, 2.24) is 0 Å². The number of carbonyl (C=O) groups is 6. The molecule has 1 unspecified atom stereocenters. The average Bonchev–Trinajstić information content (AvgIpc) is 3.18. The molecule has 0 saturated heterocycles. The van der Waals surface area contributed by atoms with Crippen molar-refractivity contribution in [2.45, 2.75) is 79.5 Å². The van der Waals surface area contributed by atoms with Crippen LogP contribution in [0.1, 0.15) is 66.0 Å². The summed E-state index contributed by atoms with van der Waals surface area (Å²) in [6.45, 7) is 12.4. The van der Waals surface area contributed by atoms with Crippen LogP contribution in [0.3, 0.4) is 0 Å². The number of hydrogen-bond donors (Lipinski definition) is 1. The van der Waals surface area contributed by atoms with Gasteiger partial charge >= 0.3 is 30.1 Å². The second-order valence-electron chi connectivity index (χ2n) is 14.7. The van der Waals surface area contributed by atoms with Crippen molar-refractivity contribution in [3.63, 3.8) is 0 Å². The Balaban J connectivity index is 0.000000365. The number of carbonyl (C=O) groups excluding carboxylic acids is 5. The van der Waals surface area contributed by atoms with Crippen molar-refractivity contribution < 1.29 is 61.3 Å². The summed E-state index contributed by atoms with van der Waals surface area (Å²) in [6, 6.07) is 35.6. The van der Waals surface area contributed by atoms with Crippen molar-refractivity contribution >= 4 is 35.4 Å². The summed E-state index contributed by atoms with van der Waals surface area (Å²) < 4.78 is 47.1. The van der Waals surface area contributed by atoms with Gasteiger partial charge in [-0.3, -0.25) is 24.0 Å². The fraction of sp³-hybridized carbons (Fsp3) is 0.362. The molecule has 10 nitrogen and oxygen atoms in total. The summed E-state index contributed by atoms with van der Waals surface area (Å²) in [7, 11) is 0. The predicted octanol–water partition coefficient (Wildman–Crippen LogP) is 9.31. The minimum Gasteiger partial charge on any atom is -0.475 e. The Kier molecular flexibility index (Phi) is 20.1. The second-order valence-corrected chi connectivity index (χ2v) is 14.7. The summed E-state index contributed by atoms with van der Waals surface area (Å²) in [6.07, 6.45) is -4.49. The first-order valence-corrected chi connectivity index (χ1v) is 19.4. The Morgan fingerprint density at radius 3 is 1.35 bits per heavy atom. The third-order valence-electron chi connectivity index (χ3n) is 8.53. The molecule has 4 rings (SSSR count). The molecule has 4 aromatic carbocycles. The maximum absolute atomic E-state index is 13.0. The number of halogens is 3. The van der Waals surface area contributed by atoms with Gasteiger partial charge in [-0.1, -0.05) is 123 Å². The quantitative estimate of drug-likeness (QED) is 0.0697. The number of ether oxygens (including phenoxy) is 3. The van der Waals surface area contributed by atoms with Gasteiger partial charge in [0.25, 0.3) is 0 Å². The molecule has 0 heterocycles. The highest BCUT2D eigenvalue weighted by Crippen LogP contribution is 2.25. The van der Waals surface area contributed by atoms with Crippen molar-refractivity contribution in [1.29, 1.82) is 0 Å². The first-order valence-electron chi connectivity index (χ1n) is 19.4. The van der Waals surface area contributed by atoms with Gasteiger partial charge in [0, 0.05) is 19.3 Å². The highest BCUT2D eigenvalue weighted by molar-refractivity contribution is 6.03. The Labute approximate surface area is 349 Å². The van der Waals surface area contributed by atoms with Crippen LogP contribution in [-0.4, -0.2) is 65.5 Å². The lowest BCUT2D eigenvalue weighted by atomic mass is 9.86. The number of benzene rings is 4. The second kappa shape index (κ2) is 24.1. The van der Waals surface area contributed by atoms with Gasteiger partial charge in [0.2, 0.25) is 0 Å². The van der Waals surface area contributed by atoms with Crippen LogP contribution >= 0.6 is 0 Å². The van der Waals surface area contributed by atoms with Crippen molar-refractivity contribution in [3.8, 4) is 22.3 Å². The van der Waals surface area contributed by atoms with E-state index in [4.69, 9.17) is 24.1 Å². The highest BCUT2D eigenvalue weighted by atomic mass is 19.4. The van der Waals surface area contributed by atoms with Crippen molar-refractivity contribution in [2.75, 3.05) is 13.2 Å². The molecule has 3 atom stereocenters. The largest absolute Gasteiger partial charge is 0.490 e. The summed E-state index contributed by atoms with van der Waals surface area (Å²) in [5, 5.41) is 7.12. The molecule has 0 bridgehead atoms. The first-order chi connectivity index (χ1) is 28.2. The SMILES string of the molecule is CCOC(=O)[C@H](C)C(C(=O)Cc1ccc(-c2ccccc2)cc1)C(=O)OC(C)(C)C.CCOC(=O)[C@H](C)CC(=O)Cc1ccc(-c2ccccc2)cc1.O=C(O)C(F)(F)F. The number of alkyl halides is 3.